The quantitative estimate of drug-likeness (QED) is 0.104. The molecule has 0 aromatic heterocycles. The van der Waals surface area contributed by atoms with Crippen LogP contribution in [0.3, 0.4) is 0 Å². The predicted octanol–water partition coefficient (Wildman–Crippen LogP) is -5.03. The molecule has 174 valence electrons. The Hall–Kier alpha value is 12.8. The molecule has 0 amide bonds. The summed E-state index contributed by atoms with van der Waals surface area (Å²) in [6.07, 6.45) is 0. The van der Waals surface area contributed by atoms with Crippen LogP contribution in [0.5, 0.6) is 0 Å². The topological polar surface area (TPSA) is 223 Å². The van der Waals surface area contributed by atoms with Gasteiger partial charge in [-0.2, -0.15) is 0 Å². The molecule has 0 atom stereocenters. The number of hydrogen-bond acceptors (Lipinski definition) is 11. The maximum absolute atomic E-state index is 6.47. The monoisotopic (exact) mass is 812 g/mol. The van der Waals surface area contributed by atoms with Crippen LogP contribution in [-0.2, 0) is 0 Å². The normalized spacial score (nSPS) is 2.06. The molecule has 0 spiro atoms. The summed E-state index contributed by atoms with van der Waals surface area (Å²) in [6, 6.07) is 0. The Bertz CT molecular complexity index is 50.7. The summed E-state index contributed by atoms with van der Waals surface area (Å²) in [4.78, 5) is 0. The van der Waals surface area contributed by atoms with E-state index in [0.29, 0.717) is 0 Å². The van der Waals surface area contributed by atoms with Gasteiger partial charge in [0.05, 0.1) is 131 Å². The van der Waals surface area contributed by atoms with Gasteiger partial charge in [-0.1, -0.05) is 0 Å². The second-order valence-electron chi connectivity index (χ2n) is 0. The Balaban J connectivity index is -0.00000000212. The van der Waals surface area contributed by atoms with E-state index in [-0.39, 0.29) is 296 Å². The molecule has 0 unspecified atom stereocenters. The molecule has 0 aliphatic heterocycles. The van der Waals surface area contributed by atoms with E-state index in [0.717, 1.165) is 0 Å². The van der Waals surface area contributed by atoms with Crippen molar-refractivity contribution in [2.24, 2.45) is 0 Å². The molecule has 0 radical (unpaired) electrons. The molecule has 0 rings (SSSR count). The van der Waals surface area contributed by atoms with Gasteiger partial charge in [0.2, 0.25) is 0 Å². The fourth-order valence-corrected chi connectivity index (χ4v) is 0. The summed E-state index contributed by atoms with van der Waals surface area (Å²) < 4.78 is 71.2. The standard InChI is InChI=1S/11ClHO.10Na.10H/c11*1-2;;;;;;;;;;;;;;;;;;;;/h11*2H;;;;;;;;;;;;;;;;;;;;. The molecule has 0 heterocycles. The molecule has 0 aromatic rings. The Labute approximate surface area is 465 Å². The fraction of sp³-hybridized carbons (Fsp3) is 0. The average molecular weight is 817 g/mol. The minimum atomic E-state index is 0. The van der Waals surface area contributed by atoms with E-state index >= 15 is 0 Å². The Kier molecular flexibility index (Phi) is 2330. The number of hydrogen-bond donors (Lipinski definition) is 11. The summed E-state index contributed by atoms with van der Waals surface area (Å²) in [5, 5.41) is 0. The van der Waals surface area contributed by atoms with Crippen LogP contribution >= 0.6 is 131 Å². The van der Waals surface area contributed by atoms with Crippen molar-refractivity contribution in [2.75, 3.05) is 0 Å². The van der Waals surface area contributed by atoms with Gasteiger partial charge in [0, 0.05) is 0 Å². The summed E-state index contributed by atoms with van der Waals surface area (Å²) >= 11 is 40.0. The van der Waals surface area contributed by atoms with Gasteiger partial charge in [0.15, 0.2) is 0 Å². The van der Waals surface area contributed by atoms with E-state index in [4.69, 9.17) is 51.2 Å². The van der Waals surface area contributed by atoms with Crippen molar-refractivity contribution in [2.45, 2.75) is 0 Å². The van der Waals surface area contributed by atoms with E-state index in [1.165, 1.54) is 0 Å². The van der Waals surface area contributed by atoms with Crippen LogP contribution in [0.1, 0.15) is 0 Å². The minimum absolute atomic E-state index is 0. The van der Waals surface area contributed by atoms with Gasteiger partial charge in [-0.05, 0) is 0 Å². The maximum atomic E-state index is 6.47. The van der Waals surface area contributed by atoms with E-state index in [2.05, 4.69) is 131 Å². The van der Waals surface area contributed by atoms with Gasteiger partial charge >= 0.3 is 296 Å². The second-order valence-corrected chi connectivity index (χ2v) is 0. The van der Waals surface area contributed by atoms with Crippen molar-refractivity contribution >= 4 is 426 Å². The van der Waals surface area contributed by atoms with E-state index < -0.39 is 0 Å². The Morgan fingerprint density at radius 1 is 0.125 bits per heavy atom. The average Bonchev–Trinajstić information content (AvgIpc) is 2.78. The first-order valence-electron chi connectivity index (χ1n) is 1.86. The zero-order valence-corrected chi connectivity index (χ0v) is 17.4. The molecule has 32 heteroatoms. The van der Waals surface area contributed by atoms with Crippen LogP contribution in [-0.4, -0.2) is 347 Å². The van der Waals surface area contributed by atoms with Gasteiger partial charge in [-0.3, -0.25) is 51.2 Å². The Morgan fingerprint density at radius 3 is 0.125 bits per heavy atom. The van der Waals surface area contributed by atoms with Crippen LogP contribution in [0.2, 0.25) is 0 Å². The molecule has 11 N–H and O–H groups in total. The van der Waals surface area contributed by atoms with Crippen molar-refractivity contribution in [3.8, 4) is 0 Å². The summed E-state index contributed by atoms with van der Waals surface area (Å²) in [6.45, 7) is 0. The van der Waals surface area contributed by atoms with Gasteiger partial charge < -0.3 is 0 Å². The van der Waals surface area contributed by atoms with Gasteiger partial charge in [-0.15, -0.1) is 0 Å². The number of halogens is 11. The third-order valence-electron chi connectivity index (χ3n) is 0. The van der Waals surface area contributed by atoms with Crippen LogP contribution in [0.4, 0.5) is 0 Å². The molecule has 0 bridgehead atoms. The molecule has 0 aliphatic carbocycles. The van der Waals surface area contributed by atoms with Crippen LogP contribution < -0.4 is 0 Å². The summed E-state index contributed by atoms with van der Waals surface area (Å²) in [5.74, 6) is 0. The third kappa shape index (κ3) is 458. The Morgan fingerprint density at radius 2 is 0.125 bits per heavy atom. The first-order valence-corrected chi connectivity index (χ1v) is 5.58. The molecular formula is H21Cl11Na10O11. The second kappa shape index (κ2) is 492. The van der Waals surface area contributed by atoms with E-state index in [1.54, 1.807) is 0 Å². The van der Waals surface area contributed by atoms with Crippen molar-refractivity contribution in [3.63, 3.8) is 0 Å². The predicted molar refractivity (Wildman–Crippen MR) is 160 cm³/mol. The van der Waals surface area contributed by atoms with Crippen molar-refractivity contribution in [1.29, 1.82) is 0 Å². The summed E-state index contributed by atoms with van der Waals surface area (Å²) in [5.41, 5.74) is 0. The first kappa shape index (κ1) is 152. The molecule has 0 saturated carbocycles. The first-order chi connectivity index (χ1) is 11.0. The number of rotatable bonds is 0. The molecule has 0 aromatic carbocycles. The van der Waals surface area contributed by atoms with Crippen molar-refractivity contribution in [1.82, 2.24) is 0 Å². The SMILES string of the molecule is OCl.OCl.OCl.OCl.OCl.OCl.OCl.OCl.OCl.OCl.OCl.[NaH].[NaH].[NaH].[NaH].[NaH].[NaH].[NaH].[NaH].[NaH].[NaH]. The molecule has 32 heavy (non-hydrogen) atoms. The van der Waals surface area contributed by atoms with Gasteiger partial charge in [0.25, 0.3) is 0 Å². The summed E-state index contributed by atoms with van der Waals surface area (Å²) in [7, 11) is 0. The fourth-order valence-electron chi connectivity index (χ4n) is 0. The van der Waals surface area contributed by atoms with Crippen molar-refractivity contribution < 1.29 is 51.2 Å². The molecule has 11 nitrogen and oxygen atoms in total. The van der Waals surface area contributed by atoms with Crippen LogP contribution in [0, 0.1) is 0 Å². The van der Waals surface area contributed by atoms with Gasteiger partial charge in [0.1, 0.15) is 0 Å². The molecule has 0 saturated heterocycles. The van der Waals surface area contributed by atoms with E-state index in [9.17, 15) is 0 Å². The zero-order chi connectivity index (χ0) is 22.0. The van der Waals surface area contributed by atoms with Gasteiger partial charge in [-0.25, -0.2) is 0 Å². The molecule has 0 fully saturated rings. The zero-order valence-electron chi connectivity index (χ0n) is 9.08. The van der Waals surface area contributed by atoms with Crippen LogP contribution in [0.25, 0.3) is 0 Å². The molecule has 0 aliphatic rings. The van der Waals surface area contributed by atoms with Crippen molar-refractivity contribution in [3.05, 3.63) is 0 Å². The van der Waals surface area contributed by atoms with E-state index in [1.807, 2.05) is 0 Å². The van der Waals surface area contributed by atoms with Crippen LogP contribution in [0.15, 0.2) is 0 Å². The molecular weight excluding hydrogens is 796 g/mol. The third-order valence-corrected chi connectivity index (χ3v) is 0.